The van der Waals surface area contributed by atoms with Crippen molar-refractivity contribution in [2.45, 2.75) is 13.3 Å². The molecule has 152 valence electrons. The van der Waals surface area contributed by atoms with E-state index in [1.807, 2.05) is 55.5 Å². The van der Waals surface area contributed by atoms with Gasteiger partial charge in [0.2, 0.25) is 0 Å². The van der Waals surface area contributed by atoms with E-state index in [4.69, 9.17) is 4.74 Å². The van der Waals surface area contributed by atoms with Gasteiger partial charge in [0.15, 0.2) is 5.96 Å². The summed E-state index contributed by atoms with van der Waals surface area (Å²) >= 11 is 0. The number of hydrogen-bond acceptors (Lipinski definition) is 3. The van der Waals surface area contributed by atoms with Gasteiger partial charge in [-0.3, -0.25) is 9.79 Å². The maximum Gasteiger partial charge on any atom is 0.251 e. The van der Waals surface area contributed by atoms with Gasteiger partial charge in [-0.1, -0.05) is 36.4 Å². The molecule has 0 saturated heterocycles. The maximum atomic E-state index is 12.0. The number of carbonyl (C=O) groups excluding carboxylic acids is 1. The number of nitrogens with zero attached hydrogens (tertiary/aromatic N) is 1. The number of nitrogens with one attached hydrogen (secondary N) is 3. The van der Waals surface area contributed by atoms with Gasteiger partial charge in [0.05, 0.1) is 6.61 Å². The van der Waals surface area contributed by atoms with Crippen molar-refractivity contribution in [2.75, 3.05) is 32.8 Å². The summed E-state index contributed by atoms with van der Waals surface area (Å²) in [6, 6.07) is 19.0. The van der Waals surface area contributed by atoms with E-state index in [0.29, 0.717) is 31.8 Å². The van der Waals surface area contributed by atoms with E-state index in [0.717, 1.165) is 24.7 Å². The normalized spacial score (nSPS) is 10.5. The minimum Gasteiger partial charge on any atom is -0.494 e. The van der Waals surface area contributed by atoms with Crippen molar-refractivity contribution in [2.24, 2.45) is 4.99 Å². The van der Waals surface area contributed by atoms with Crippen LogP contribution < -0.4 is 20.7 Å². The van der Waals surface area contributed by atoms with Crippen molar-refractivity contribution in [1.82, 2.24) is 16.0 Å². The zero-order valence-electron chi connectivity index (χ0n) is 16.2. The molecule has 28 heavy (non-hydrogen) atoms. The first-order chi connectivity index (χ1) is 13.3. The number of ether oxygens (including phenoxy) is 1. The van der Waals surface area contributed by atoms with Gasteiger partial charge in [-0.05, 0) is 31.2 Å². The Balaban J connectivity index is 0.00000392. The molecule has 0 fully saturated rings. The third kappa shape index (κ3) is 9.59. The smallest absolute Gasteiger partial charge is 0.251 e. The highest BCUT2D eigenvalue weighted by molar-refractivity contribution is 14.0. The molecule has 0 unspecified atom stereocenters. The van der Waals surface area contributed by atoms with Crippen LogP contribution in [0.25, 0.3) is 0 Å². The number of aliphatic imine (C=N–C) groups is 1. The van der Waals surface area contributed by atoms with E-state index < -0.39 is 0 Å². The van der Waals surface area contributed by atoms with Crippen molar-refractivity contribution < 1.29 is 9.53 Å². The Bertz CT molecular complexity index is 696. The molecule has 7 heteroatoms. The van der Waals surface area contributed by atoms with Crippen LogP contribution in [0.5, 0.6) is 5.75 Å². The summed E-state index contributed by atoms with van der Waals surface area (Å²) in [4.78, 5) is 16.5. The number of para-hydroxylation sites is 1. The largest absolute Gasteiger partial charge is 0.494 e. The summed E-state index contributed by atoms with van der Waals surface area (Å²) in [6.07, 6.45) is 0.830. The fraction of sp³-hybridized carbons (Fsp3) is 0.333. The molecule has 0 aliphatic rings. The van der Waals surface area contributed by atoms with Crippen LogP contribution in [0.2, 0.25) is 0 Å². The molecule has 0 radical (unpaired) electrons. The fourth-order valence-electron chi connectivity index (χ4n) is 2.35. The van der Waals surface area contributed by atoms with Crippen molar-refractivity contribution >= 4 is 35.8 Å². The molecule has 0 bridgehead atoms. The third-order valence-corrected chi connectivity index (χ3v) is 3.67. The number of amides is 1. The number of benzene rings is 2. The summed E-state index contributed by atoms with van der Waals surface area (Å²) in [5, 5.41) is 9.30. The van der Waals surface area contributed by atoms with Crippen LogP contribution in [0.1, 0.15) is 23.7 Å². The summed E-state index contributed by atoms with van der Waals surface area (Å²) in [5.41, 5.74) is 0.663. The van der Waals surface area contributed by atoms with E-state index in [1.165, 1.54) is 0 Å². The second kappa shape index (κ2) is 14.7. The topological polar surface area (TPSA) is 74.8 Å². The average molecular weight is 496 g/mol. The molecule has 0 aromatic heterocycles. The van der Waals surface area contributed by atoms with Gasteiger partial charge in [-0.15, -0.1) is 24.0 Å². The molecular weight excluding hydrogens is 467 g/mol. The Labute approximate surface area is 184 Å². The van der Waals surface area contributed by atoms with Gasteiger partial charge in [0.1, 0.15) is 5.75 Å². The van der Waals surface area contributed by atoms with E-state index in [-0.39, 0.29) is 29.9 Å². The fourth-order valence-corrected chi connectivity index (χ4v) is 2.35. The van der Waals surface area contributed by atoms with Crippen molar-refractivity contribution in [3.63, 3.8) is 0 Å². The number of halogens is 1. The minimum absolute atomic E-state index is 0. The third-order valence-electron chi connectivity index (χ3n) is 3.67. The molecular formula is C21H29IN4O2. The highest BCUT2D eigenvalue weighted by Crippen LogP contribution is 2.08. The monoisotopic (exact) mass is 496 g/mol. The first-order valence-electron chi connectivity index (χ1n) is 9.33. The van der Waals surface area contributed by atoms with Crippen LogP contribution in [-0.4, -0.2) is 44.7 Å². The minimum atomic E-state index is -0.0719. The van der Waals surface area contributed by atoms with E-state index in [2.05, 4.69) is 20.9 Å². The Kier molecular flexibility index (Phi) is 12.5. The molecule has 6 nitrogen and oxygen atoms in total. The zero-order chi connectivity index (χ0) is 19.2. The number of rotatable bonds is 10. The lowest BCUT2D eigenvalue weighted by Crippen LogP contribution is -2.41. The molecule has 0 atom stereocenters. The SMILES string of the molecule is CCNC(=NCCCOc1ccccc1)NCCNC(=O)c1ccccc1.I. The lowest BCUT2D eigenvalue weighted by molar-refractivity contribution is 0.0954. The van der Waals surface area contributed by atoms with E-state index in [1.54, 1.807) is 12.1 Å². The summed E-state index contributed by atoms with van der Waals surface area (Å²) < 4.78 is 5.66. The molecule has 0 aliphatic heterocycles. The van der Waals surface area contributed by atoms with Crippen LogP contribution in [-0.2, 0) is 0 Å². The number of guanidine groups is 1. The molecule has 2 aromatic rings. The first-order valence-corrected chi connectivity index (χ1v) is 9.33. The molecule has 3 N–H and O–H groups in total. The Morgan fingerprint density at radius 3 is 2.25 bits per heavy atom. The molecule has 1 amide bonds. The van der Waals surface area contributed by atoms with Crippen molar-refractivity contribution in [3.05, 3.63) is 66.2 Å². The molecule has 0 saturated carbocycles. The molecule has 0 spiro atoms. The lowest BCUT2D eigenvalue weighted by atomic mass is 10.2. The Morgan fingerprint density at radius 2 is 1.57 bits per heavy atom. The number of hydrogen-bond donors (Lipinski definition) is 3. The molecule has 2 aromatic carbocycles. The maximum absolute atomic E-state index is 12.0. The van der Waals surface area contributed by atoms with Gasteiger partial charge < -0.3 is 20.7 Å². The van der Waals surface area contributed by atoms with Crippen molar-refractivity contribution in [3.8, 4) is 5.75 Å². The van der Waals surface area contributed by atoms with Crippen LogP contribution in [0, 0.1) is 0 Å². The Morgan fingerprint density at radius 1 is 0.929 bits per heavy atom. The van der Waals surface area contributed by atoms with Gasteiger partial charge in [-0.25, -0.2) is 0 Å². The van der Waals surface area contributed by atoms with E-state index >= 15 is 0 Å². The van der Waals surface area contributed by atoms with Gasteiger partial charge >= 0.3 is 0 Å². The standard InChI is InChI=1S/C21H28N4O2.HI/c1-2-22-21(24-14-9-17-27-19-12-7-4-8-13-19)25-16-15-23-20(26)18-10-5-3-6-11-18;/h3-8,10-13H,2,9,14-17H2,1H3,(H,23,26)(H2,22,24,25);1H. The second-order valence-corrected chi connectivity index (χ2v) is 5.82. The average Bonchev–Trinajstić information content (AvgIpc) is 2.72. The number of carbonyl (C=O) groups is 1. The summed E-state index contributed by atoms with van der Waals surface area (Å²) in [7, 11) is 0. The molecule has 2 rings (SSSR count). The van der Waals surface area contributed by atoms with Gasteiger partial charge in [0, 0.05) is 38.2 Å². The summed E-state index contributed by atoms with van der Waals surface area (Å²) in [6.45, 7) is 5.22. The Hall–Kier alpha value is -2.29. The van der Waals surface area contributed by atoms with Crippen LogP contribution >= 0.6 is 24.0 Å². The van der Waals surface area contributed by atoms with Crippen LogP contribution in [0.4, 0.5) is 0 Å². The van der Waals surface area contributed by atoms with Crippen LogP contribution in [0.15, 0.2) is 65.7 Å². The first kappa shape index (κ1) is 23.7. The molecule has 0 heterocycles. The predicted molar refractivity (Wildman–Crippen MR) is 125 cm³/mol. The van der Waals surface area contributed by atoms with E-state index in [9.17, 15) is 4.79 Å². The predicted octanol–water partition coefficient (Wildman–Crippen LogP) is 3.06. The highest BCUT2D eigenvalue weighted by atomic mass is 127. The molecule has 0 aliphatic carbocycles. The summed E-state index contributed by atoms with van der Waals surface area (Å²) in [5.74, 6) is 1.55. The lowest BCUT2D eigenvalue weighted by Gasteiger charge is -2.12. The highest BCUT2D eigenvalue weighted by Gasteiger charge is 2.03. The quantitative estimate of drug-likeness (QED) is 0.205. The van der Waals surface area contributed by atoms with Crippen molar-refractivity contribution in [1.29, 1.82) is 0 Å². The van der Waals surface area contributed by atoms with Gasteiger partial charge in [0.25, 0.3) is 5.91 Å². The second-order valence-electron chi connectivity index (χ2n) is 5.82. The van der Waals surface area contributed by atoms with Crippen LogP contribution in [0.3, 0.4) is 0 Å². The zero-order valence-corrected chi connectivity index (χ0v) is 18.5. The van der Waals surface area contributed by atoms with Gasteiger partial charge in [-0.2, -0.15) is 0 Å².